The van der Waals surface area contributed by atoms with Gasteiger partial charge in [-0.2, -0.15) is 0 Å². The first kappa shape index (κ1) is 22.5. The van der Waals surface area contributed by atoms with E-state index in [0.29, 0.717) is 12.2 Å². The van der Waals surface area contributed by atoms with E-state index in [9.17, 15) is 9.59 Å². The molecule has 2 N–H and O–H groups in total. The number of carbonyl (C=O) groups is 2. The predicted octanol–water partition coefficient (Wildman–Crippen LogP) is 3.98. The molecular formula is C24H32N2O3. The van der Waals surface area contributed by atoms with E-state index >= 15 is 0 Å². The molecular weight excluding hydrogens is 364 g/mol. The number of rotatable bonds is 10. The van der Waals surface area contributed by atoms with Crippen molar-refractivity contribution in [1.29, 1.82) is 0 Å². The fourth-order valence-electron chi connectivity index (χ4n) is 3.06. The largest absolute Gasteiger partial charge is 0.494 e. The predicted molar refractivity (Wildman–Crippen MR) is 116 cm³/mol. The van der Waals surface area contributed by atoms with E-state index in [4.69, 9.17) is 4.74 Å². The van der Waals surface area contributed by atoms with Gasteiger partial charge in [0.15, 0.2) is 0 Å². The zero-order chi connectivity index (χ0) is 21.2. The Bertz CT molecular complexity index is 772. The van der Waals surface area contributed by atoms with Crippen LogP contribution in [-0.2, 0) is 11.2 Å². The summed E-state index contributed by atoms with van der Waals surface area (Å²) in [6, 6.07) is 16.6. The lowest BCUT2D eigenvalue weighted by molar-refractivity contribution is -0.124. The van der Waals surface area contributed by atoms with E-state index < -0.39 is 6.04 Å². The van der Waals surface area contributed by atoms with Crippen LogP contribution in [0.15, 0.2) is 54.6 Å². The Morgan fingerprint density at radius 1 is 0.931 bits per heavy atom. The fourth-order valence-corrected chi connectivity index (χ4v) is 3.06. The van der Waals surface area contributed by atoms with Crippen LogP contribution < -0.4 is 15.4 Å². The molecule has 2 atom stereocenters. The van der Waals surface area contributed by atoms with Gasteiger partial charge in [0.2, 0.25) is 5.91 Å². The number of carbonyl (C=O) groups excluding carboxylic acids is 2. The highest BCUT2D eigenvalue weighted by Gasteiger charge is 2.25. The summed E-state index contributed by atoms with van der Waals surface area (Å²) in [6.45, 7) is 8.33. The third-order valence-corrected chi connectivity index (χ3v) is 4.76. The highest BCUT2D eigenvalue weighted by atomic mass is 16.5. The number of amides is 2. The molecule has 0 spiro atoms. The van der Waals surface area contributed by atoms with Crippen molar-refractivity contribution in [2.75, 3.05) is 6.61 Å². The second kappa shape index (κ2) is 11.2. The molecule has 2 aromatic carbocycles. The zero-order valence-corrected chi connectivity index (χ0v) is 17.8. The summed E-state index contributed by atoms with van der Waals surface area (Å²) in [5.41, 5.74) is 1.75. The Labute approximate surface area is 173 Å². The topological polar surface area (TPSA) is 67.4 Å². The standard InChI is InChI=1S/C24H32N2O3/c1-5-29-21-15-13-20(14-16-21)23(27)26-22(17(2)3)24(28)25-18(4)11-12-19-9-7-6-8-10-19/h6-10,13-18,22H,5,11-12H2,1-4H3,(H,25,28)(H,26,27). The zero-order valence-electron chi connectivity index (χ0n) is 17.8. The van der Waals surface area contributed by atoms with Gasteiger partial charge in [-0.25, -0.2) is 0 Å². The van der Waals surface area contributed by atoms with Crippen LogP contribution in [0.5, 0.6) is 5.75 Å². The third kappa shape index (κ3) is 7.26. The molecule has 156 valence electrons. The van der Waals surface area contributed by atoms with Gasteiger partial charge in [0, 0.05) is 11.6 Å². The van der Waals surface area contributed by atoms with Crippen LogP contribution in [0, 0.1) is 5.92 Å². The second-order valence-corrected chi connectivity index (χ2v) is 7.59. The number of ether oxygens (including phenoxy) is 1. The van der Waals surface area contributed by atoms with Crippen molar-refractivity contribution in [2.24, 2.45) is 5.92 Å². The highest BCUT2D eigenvalue weighted by molar-refractivity contribution is 5.97. The monoisotopic (exact) mass is 396 g/mol. The quantitative estimate of drug-likeness (QED) is 0.638. The molecule has 0 saturated heterocycles. The van der Waals surface area contributed by atoms with Crippen LogP contribution in [0.25, 0.3) is 0 Å². The number of hydrogen-bond donors (Lipinski definition) is 2. The minimum Gasteiger partial charge on any atom is -0.494 e. The molecule has 0 aliphatic rings. The molecule has 29 heavy (non-hydrogen) atoms. The molecule has 0 fully saturated rings. The molecule has 5 heteroatoms. The molecule has 0 radical (unpaired) electrons. The lowest BCUT2D eigenvalue weighted by Crippen LogP contribution is -2.51. The van der Waals surface area contributed by atoms with Gasteiger partial charge in [0.05, 0.1) is 6.61 Å². The van der Waals surface area contributed by atoms with E-state index in [1.54, 1.807) is 24.3 Å². The molecule has 0 bridgehead atoms. The highest BCUT2D eigenvalue weighted by Crippen LogP contribution is 2.13. The molecule has 0 saturated carbocycles. The Balaban J connectivity index is 1.91. The van der Waals surface area contributed by atoms with Crippen LogP contribution in [0.2, 0.25) is 0 Å². The Kier molecular flexibility index (Phi) is 8.71. The average molecular weight is 397 g/mol. The van der Waals surface area contributed by atoms with Gasteiger partial charge < -0.3 is 15.4 Å². The van der Waals surface area contributed by atoms with E-state index in [0.717, 1.165) is 18.6 Å². The summed E-state index contributed by atoms with van der Waals surface area (Å²) in [5, 5.41) is 5.91. The van der Waals surface area contributed by atoms with Gasteiger partial charge in [-0.1, -0.05) is 44.2 Å². The van der Waals surface area contributed by atoms with Crippen LogP contribution in [0.4, 0.5) is 0 Å². The molecule has 2 amide bonds. The first-order valence-corrected chi connectivity index (χ1v) is 10.3. The van der Waals surface area contributed by atoms with Crippen LogP contribution in [0.3, 0.4) is 0 Å². The SMILES string of the molecule is CCOc1ccc(C(=O)NC(C(=O)NC(C)CCc2ccccc2)C(C)C)cc1. The Hall–Kier alpha value is -2.82. The van der Waals surface area contributed by atoms with Crippen LogP contribution in [-0.4, -0.2) is 30.5 Å². The lowest BCUT2D eigenvalue weighted by atomic mass is 10.0. The van der Waals surface area contributed by atoms with E-state index in [1.165, 1.54) is 5.56 Å². The van der Waals surface area contributed by atoms with Crippen molar-refractivity contribution in [1.82, 2.24) is 10.6 Å². The van der Waals surface area contributed by atoms with Crippen molar-refractivity contribution in [3.8, 4) is 5.75 Å². The normalized spacial score (nSPS) is 12.9. The van der Waals surface area contributed by atoms with Crippen LogP contribution >= 0.6 is 0 Å². The van der Waals surface area contributed by atoms with Gasteiger partial charge in [0.1, 0.15) is 11.8 Å². The van der Waals surface area contributed by atoms with E-state index in [1.807, 2.05) is 45.9 Å². The summed E-state index contributed by atoms with van der Waals surface area (Å²) in [4.78, 5) is 25.4. The summed E-state index contributed by atoms with van der Waals surface area (Å²) in [7, 11) is 0. The first-order chi connectivity index (χ1) is 13.9. The molecule has 0 aliphatic carbocycles. The van der Waals surface area contributed by atoms with Crippen molar-refractivity contribution in [3.05, 3.63) is 65.7 Å². The summed E-state index contributed by atoms with van der Waals surface area (Å²) in [6.07, 6.45) is 1.74. The smallest absolute Gasteiger partial charge is 0.251 e. The second-order valence-electron chi connectivity index (χ2n) is 7.59. The summed E-state index contributed by atoms with van der Waals surface area (Å²) < 4.78 is 5.40. The van der Waals surface area contributed by atoms with Crippen molar-refractivity contribution in [2.45, 2.75) is 52.6 Å². The summed E-state index contributed by atoms with van der Waals surface area (Å²) >= 11 is 0. The van der Waals surface area contributed by atoms with Gasteiger partial charge >= 0.3 is 0 Å². The number of aryl methyl sites for hydroxylation is 1. The molecule has 2 unspecified atom stereocenters. The molecule has 2 rings (SSSR count). The summed E-state index contributed by atoms with van der Waals surface area (Å²) in [5.74, 6) is 0.274. The average Bonchev–Trinajstić information content (AvgIpc) is 2.71. The lowest BCUT2D eigenvalue weighted by Gasteiger charge is -2.24. The molecule has 0 aliphatic heterocycles. The fraction of sp³-hybridized carbons (Fsp3) is 0.417. The number of nitrogens with one attached hydrogen (secondary N) is 2. The minimum absolute atomic E-state index is 0.0198. The maximum absolute atomic E-state index is 12.8. The van der Waals surface area contributed by atoms with Crippen molar-refractivity contribution < 1.29 is 14.3 Å². The van der Waals surface area contributed by atoms with Crippen molar-refractivity contribution in [3.63, 3.8) is 0 Å². The number of hydrogen-bond acceptors (Lipinski definition) is 3. The Morgan fingerprint density at radius 3 is 2.17 bits per heavy atom. The molecule has 0 aromatic heterocycles. The van der Waals surface area contributed by atoms with Crippen molar-refractivity contribution >= 4 is 11.8 Å². The maximum atomic E-state index is 12.8. The van der Waals surface area contributed by atoms with Gasteiger partial charge in [-0.3, -0.25) is 9.59 Å². The van der Waals surface area contributed by atoms with Gasteiger partial charge in [0.25, 0.3) is 5.91 Å². The van der Waals surface area contributed by atoms with Crippen LogP contribution in [0.1, 0.15) is 50.0 Å². The first-order valence-electron chi connectivity index (χ1n) is 10.3. The molecule has 2 aromatic rings. The Morgan fingerprint density at radius 2 is 1.59 bits per heavy atom. The molecule has 5 nitrogen and oxygen atoms in total. The number of benzene rings is 2. The van der Waals surface area contributed by atoms with Gasteiger partial charge in [-0.15, -0.1) is 0 Å². The third-order valence-electron chi connectivity index (χ3n) is 4.76. The minimum atomic E-state index is -0.590. The van der Waals surface area contributed by atoms with E-state index in [2.05, 4.69) is 22.8 Å². The molecule has 0 heterocycles. The maximum Gasteiger partial charge on any atom is 0.251 e. The van der Waals surface area contributed by atoms with Gasteiger partial charge in [-0.05, 0) is 62.4 Å². The van der Waals surface area contributed by atoms with E-state index in [-0.39, 0.29) is 23.8 Å².